The summed E-state index contributed by atoms with van der Waals surface area (Å²) >= 11 is 5.99. The van der Waals surface area contributed by atoms with Gasteiger partial charge in [0.05, 0.1) is 17.1 Å². The summed E-state index contributed by atoms with van der Waals surface area (Å²) in [6, 6.07) is 11.0. The van der Waals surface area contributed by atoms with E-state index in [1.807, 2.05) is 6.92 Å². The lowest BCUT2D eigenvalue weighted by Crippen LogP contribution is -2.49. The van der Waals surface area contributed by atoms with E-state index in [4.69, 9.17) is 22.1 Å². The van der Waals surface area contributed by atoms with Crippen LogP contribution in [0.4, 0.5) is 5.69 Å². The number of ether oxygens (including phenoxy) is 1. The molecular weight excluding hydrogens is 352 g/mol. The number of rotatable bonds is 3. The number of aryl methyl sites for hydroxylation is 1. The van der Waals surface area contributed by atoms with Crippen LogP contribution in [0, 0.1) is 6.92 Å². The topological polar surface area (TPSA) is 89.7 Å². The Hall–Kier alpha value is -2.25. The molecule has 126 valence electrons. The van der Waals surface area contributed by atoms with Crippen molar-refractivity contribution in [3.05, 3.63) is 53.1 Å². The average molecular weight is 367 g/mol. The lowest BCUT2D eigenvalue weighted by atomic mass is 10.2. The minimum Gasteiger partial charge on any atom is -0.476 e. The number of primary amides is 1. The Labute approximate surface area is 144 Å². The van der Waals surface area contributed by atoms with Gasteiger partial charge in [-0.2, -0.15) is 0 Å². The maximum Gasteiger partial charge on any atom is 0.264 e. The second-order valence-corrected chi connectivity index (χ2v) is 7.77. The van der Waals surface area contributed by atoms with Crippen LogP contribution in [0.15, 0.2) is 47.4 Å². The number of amides is 1. The summed E-state index contributed by atoms with van der Waals surface area (Å²) in [7, 11) is -3.89. The van der Waals surface area contributed by atoms with Crippen molar-refractivity contribution in [3.63, 3.8) is 0 Å². The van der Waals surface area contributed by atoms with E-state index in [0.717, 1.165) is 9.87 Å². The molecular formula is C16H15ClN2O4S. The zero-order chi connectivity index (χ0) is 17.5. The number of hydrogen-bond acceptors (Lipinski definition) is 4. The normalized spacial score (nSPS) is 17.1. The average Bonchev–Trinajstić information content (AvgIpc) is 2.54. The second-order valence-electron chi connectivity index (χ2n) is 5.47. The van der Waals surface area contributed by atoms with Gasteiger partial charge in [0.2, 0.25) is 0 Å². The zero-order valence-electron chi connectivity index (χ0n) is 12.8. The fourth-order valence-corrected chi connectivity index (χ4v) is 4.07. The van der Waals surface area contributed by atoms with Crippen molar-refractivity contribution in [3.8, 4) is 5.75 Å². The van der Waals surface area contributed by atoms with E-state index in [0.29, 0.717) is 5.02 Å². The van der Waals surface area contributed by atoms with Crippen molar-refractivity contribution in [2.45, 2.75) is 17.9 Å². The van der Waals surface area contributed by atoms with Gasteiger partial charge >= 0.3 is 0 Å². The highest BCUT2D eigenvalue weighted by atomic mass is 35.5. The molecule has 1 aliphatic heterocycles. The van der Waals surface area contributed by atoms with Crippen LogP contribution in [-0.4, -0.2) is 27.0 Å². The third-order valence-electron chi connectivity index (χ3n) is 3.72. The number of halogens is 1. The smallest absolute Gasteiger partial charge is 0.264 e. The Kier molecular flexibility index (Phi) is 4.15. The highest BCUT2D eigenvalue weighted by Crippen LogP contribution is 2.38. The predicted molar refractivity (Wildman–Crippen MR) is 90.8 cm³/mol. The van der Waals surface area contributed by atoms with Gasteiger partial charge in [-0.1, -0.05) is 29.3 Å². The molecule has 0 radical (unpaired) electrons. The van der Waals surface area contributed by atoms with Crippen LogP contribution >= 0.6 is 11.6 Å². The van der Waals surface area contributed by atoms with Crippen LogP contribution < -0.4 is 14.8 Å². The minimum absolute atomic E-state index is 0.115. The number of hydrogen-bond donors (Lipinski definition) is 1. The molecule has 8 heteroatoms. The number of nitrogens with zero attached hydrogens (tertiary/aromatic N) is 1. The van der Waals surface area contributed by atoms with Gasteiger partial charge in [0, 0.05) is 5.02 Å². The third kappa shape index (κ3) is 2.92. The van der Waals surface area contributed by atoms with E-state index in [-0.39, 0.29) is 22.9 Å². The number of benzene rings is 2. The van der Waals surface area contributed by atoms with Crippen LogP contribution in [0.5, 0.6) is 5.75 Å². The van der Waals surface area contributed by atoms with Gasteiger partial charge in [0.25, 0.3) is 15.9 Å². The summed E-state index contributed by atoms with van der Waals surface area (Å²) < 4.78 is 32.6. The molecule has 1 unspecified atom stereocenters. The van der Waals surface area contributed by atoms with Crippen molar-refractivity contribution in [2.24, 2.45) is 5.73 Å². The minimum atomic E-state index is -3.89. The third-order valence-corrected chi connectivity index (χ3v) is 5.75. The summed E-state index contributed by atoms with van der Waals surface area (Å²) in [5.74, 6) is -0.496. The molecule has 1 atom stereocenters. The second kappa shape index (κ2) is 5.99. The standard InChI is InChI=1S/C16H15ClN2O4S/c1-10-2-5-12(6-3-10)24(21,22)19-9-15(16(18)20)23-14-7-4-11(17)8-13(14)19/h2-8,15H,9H2,1H3,(H2,18,20). The SMILES string of the molecule is Cc1ccc(S(=O)(=O)N2CC(C(N)=O)Oc3ccc(Cl)cc32)cc1. The Morgan fingerprint density at radius 2 is 1.92 bits per heavy atom. The molecule has 0 spiro atoms. The quantitative estimate of drug-likeness (QED) is 0.900. The van der Waals surface area contributed by atoms with Crippen LogP contribution in [0.3, 0.4) is 0 Å². The van der Waals surface area contributed by atoms with Gasteiger partial charge in [0.15, 0.2) is 6.10 Å². The molecule has 0 fully saturated rings. The van der Waals surface area contributed by atoms with Crippen LogP contribution in [-0.2, 0) is 14.8 Å². The molecule has 2 aromatic rings. The van der Waals surface area contributed by atoms with E-state index in [9.17, 15) is 13.2 Å². The largest absolute Gasteiger partial charge is 0.476 e. The molecule has 0 aliphatic carbocycles. The lowest BCUT2D eigenvalue weighted by Gasteiger charge is -2.34. The molecule has 0 aromatic heterocycles. The zero-order valence-corrected chi connectivity index (χ0v) is 14.3. The summed E-state index contributed by atoms with van der Waals surface area (Å²) in [4.78, 5) is 11.6. The first-order valence-electron chi connectivity index (χ1n) is 7.14. The predicted octanol–water partition coefficient (Wildman–Crippen LogP) is 2.09. The molecule has 1 amide bonds. The molecule has 1 aliphatic rings. The van der Waals surface area contributed by atoms with Gasteiger partial charge in [-0.05, 0) is 37.3 Å². The van der Waals surface area contributed by atoms with Gasteiger partial charge < -0.3 is 10.5 Å². The molecule has 2 N–H and O–H groups in total. The Morgan fingerprint density at radius 1 is 1.25 bits per heavy atom. The molecule has 6 nitrogen and oxygen atoms in total. The first-order chi connectivity index (χ1) is 11.3. The highest BCUT2D eigenvalue weighted by molar-refractivity contribution is 7.92. The lowest BCUT2D eigenvalue weighted by molar-refractivity contribution is -0.124. The van der Waals surface area contributed by atoms with Crippen molar-refractivity contribution in [1.29, 1.82) is 0 Å². The Bertz CT molecular complexity index is 897. The number of anilines is 1. The summed E-state index contributed by atoms with van der Waals surface area (Å²) in [5.41, 5.74) is 6.52. The van der Waals surface area contributed by atoms with E-state index in [1.54, 1.807) is 18.2 Å². The van der Waals surface area contributed by atoms with Crippen LogP contribution in [0.1, 0.15) is 5.56 Å². The monoisotopic (exact) mass is 366 g/mol. The number of carbonyl (C=O) groups excluding carboxylic acids is 1. The Balaban J connectivity index is 2.13. The molecule has 0 bridgehead atoms. The number of nitrogens with two attached hydrogens (primary N) is 1. The fourth-order valence-electron chi connectivity index (χ4n) is 2.44. The van der Waals surface area contributed by atoms with Crippen LogP contribution in [0.2, 0.25) is 5.02 Å². The maximum atomic E-state index is 13.0. The first kappa shape index (κ1) is 16.6. The van der Waals surface area contributed by atoms with Crippen molar-refractivity contribution in [2.75, 3.05) is 10.8 Å². The first-order valence-corrected chi connectivity index (χ1v) is 8.96. The van der Waals surface area contributed by atoms with Crippen molar-refractivity contribution >= 4 is 33.2 Å². The summed E-state index contributed by atoms with van der Waals surface area (Å²) in [6.45, 7) is 1.65. The molecule has 3 rings (SSSR count). The number of fused-ring (bicyclic) bond motifs is 1. The molecule has 0 saturated heterocycles. The van der Waals surface area contributed by atoms with E-state index < -0.39 is 22.0 Å². The number of sulfonamides is 1. The summed E-state index contributed by atoms with van der Waals surface area (Å²) in [6.07, 6.45) is -1.07. The van der Waals surface area contributed by atoms with Crippen molar-refractivity contribution < 1.29 is 17.9 Å². The van der Waals surface area contributed by atoms with Gasteiger partial charge in [-0.3, -0.25) is 9.10 Å². The molecule has 1 heterocycles. The van der Waals surface area contributed by atoms with Gasteiger partial charge in [-0.15, -0.1) is 0 Å². The van der Waals surface area contributed by atoms with Gasteiger partial charge in [0.1, 0.15) is 5.75 Å². The van der Waals surface area contributed by atoms with E-state index in [1.165, 1.54) is 24.3 Å². The summed E-state index contributed by atoms with van der Waals surface area (Å²) in [5, 5.41) is 0.360. The van der Waals surface area contributed by atoms with E-state index in [2.05, 4.69) is 0 Å². The van der Waals surface area contributed by atoms with Crippen LogP contribution in [0.25, 0.3) is 0 Å². The van der Waals surface area contributed by atoms with Gasteiger partial charge in [-0.25, -0.2) is 8.42 Å². The highest BCUT2D eigenvalue weighted by Gasteiger charge is 2.36. The molecule has 24 heavy (non-hydrogen) atoms. The maximum absolute atomic E-state index is 13.0. The Morgan fingerprint density at radius 3 is 2.54 bits per heavy atom. The van der Waals surface area contributed by atoms with E-state index >= 15 is 0 Å². The molecule has 2 aromatic carbocycles. The van der Waals surface area contributed by atoms with Crippen molar-refractivity contribution in [1.82, 2.24) is 0 Å². The fraction of sp³-hybridized carbons (Fsp3) is 0.188. The number of carbonyl (C=O) groups is 1. The molecule has 0 saturated carbocycles.